The lowest BCUT2D eigenvalue weighted by molar-refractivity contribution is -0.00711. The molecule has 3 atom stereocenters. The number of aliphatic imine (C=N–C) groups is 1. The third-order valence-corrected chi connectivity index (χ3v) is 8.47. The van der Waals surface area contributed by atoms with Crippen molar-refractivity contribution in [1.29, 1.82) is 0 Å². The molecule has 0 N–H and O–H groups in total. The van der Waals surface area contributed by atoms with Gasteiger partial charge in [-0.05, 0) is 92.7 Å². The number of hydrogen-bond donors (Lipinski definition) is 0. The molecule has 0 bridgehead atoms. The molecule has 4 aliphatic rings. The fourth-order valence-electron chi connectivity index (χ4n) is 5.80. The summed E-state index contributed by atoms with van der Waals surface area (Å²) >= 11 is 0. The lowest BCUT2D eigenvalue weighted by Crippen LogP contribution is -2.35. The van der Waals surface area contributed by atoms with Gasteiger partial charge in [0.15, 0.2) is 23.0 Å². The minimum atomic E-state index is 0.189. The summed E-state index contributed by atoms with van der Waals surface area (Å²) in [7, 11) is 5.09. The fraction of sp³-hybridized carbons (Fsp3) is 0.594. The van der Waals surface area contributed by atoms with Gasteiger partial charge in [0, 0.05) is 24.2 Å². The second-order valence-electron chi connectivity index (χ2n) is 11.4. The predicted octanol–water partition coefficient (Wildman–Crippen LogP) is 5.80. The number of benzene rings is 2. The minimum absolute atomic E-state index is 0.189. The van der Waals surface area contributed by atoms with E-state index in [1.165, 1.54) is 31.2 Å². The Balaban J connectivity index is 1.34. The highest BCUT2D eigenvalue weighted by Gasteiger charge is 2.38. The van der Waals surface area contributed by atoms with Gasteiger partial charge in [-0.25, -0.2) is 0 Å². The van der Waals surface area contributed by atoms with Crippen molar-refractivity contribution in [2.45, 2.75) is 63.0 Å². The second kappa shape index (κ2) is 11.8. The lowest BCUT2D eigenvalue weighted by Gasteiger charge is -2.39. The van der Waals surface area contributed by atoms with E-state index in [-0.39, 0.29) is 18.1 Å². The summed E-state index contributed by atoms with van der Waals surface area (Å²) in [5.41, 5.74) is 4.37. The Hall–Kier alpha value is -2.77. The molecule has 1 aliphatic heterocycles. The topological polar surface area (TPSA) is 67.7 Å². The van der Waals surface area contributed by atoms with Crippen molar-refractivity contribution in [2.24, 2.45) is 16.8 Å². The number of fused-ring (bicyclic) bond motifs is 3. The average molecular weight is 536 g/mol. The van der Waals surface area contributed by atoms with E-state index in [0.29, 0.717) is 30.8 Å². The van der Waals surface area contributed by atoms with Gasteiger partial charge in [-0.15, -0.1) is 0 Å². The zero-order valence-corrected chi connectivity index (χ0v) is 23.4. The van der Waals surface area contributed by atoms with E-state index >= 15 is 0 Å². The van der Waals surface area contributed by atoms with E-state index in [1.54, 1.807) is 21.3 Å². The monoisotopic (exact) mass is 535 g/mol. The van der Waals surface area contributed by atoms with E-state index in [0.717, 1.165) is 66.6 Å². The number of rotatable bonds is 13. The van der Waals surface area contributed by atoms with Gasteiger partial charge in [0.2, 0.25) is 0 Å². The van der Waals surface area contributed by atoms with Gasteiger partial charge in [-0.3, -0.25) is 4.99 Å². The first-order chi connectivity index (χ1) is 19.2. The van der Waals surface area contributed by atoms with Crippen molar-refractivity contribution in [2.75, 3.05) is 47.8 Å². The Kier molecular flexibility index (Phi) is 7.98. The van der Waals surface area contributed by atoms with Gasteiger partial charge in [0.25, 0.3) is 0 Å². The third-order valence-electron chi connectivity index (χ3n) is 8.47. The molecule has 0 amide bonds. The molecule has 2 aromatic carbocycles. The molecule has 3 aliphatic carbocycles. The quantitative estimate of drug-likeness (QED) is 0.302. The summed E-state index contributed by atoms with van der Waals surface area (Å²) in [5, 5.41) is 0. The van der Waals surface area contributed by atoms with Crippen LogP contribution in [0.3, 0.4) is 0 Å². The molecule has 0 radical (unpaired) electrons. The van der Waals surface area contributed by atoms with E-state index in [4.69, 9.17) is 33.4 Å². The number of ether oxygens (including phenoxy) is 6. The molecule has 39 heavy (non-hydrogen) atoms. The summed E-state index contributed by atoms with van der Waals surface area (Å²) in [6.45, 7) is 2.73. The number of nitrogens with zero attached hydrogens (tertiary/aromatic N) is 1. The lowest BCUT2D eigenvalue weighted by atomic mass is 9.74. The van der Waals surface area contributed by atoms with E-state index < -0.39 is 0 Å². The molecule has 0 spiro atoms. The van der Waals surface area contributed by atoms with Crippen LogP contribution in [0.4, 0.5) is 0 Å². The maximum absolute atomic E-state index is 6.33. The minimum Gasteiger partial charge on any atom is -0.493 e. The van der Waals surface area contributed by atoms with Crippen LogP contribution in [0.25, 0.3) is 0 Å². The van der Waals surface area contributed by atoms with Gasteiger partial charge in [0.1, 0.15) is 0 Å². The van der Waals surface area contributed by atoms with Gasteiger partial charge >= 0.3 is 0 Å². The van der Waals surface area contributed by atoms with Crippen LogP contribution < -0.4 is 18.9 Å². The highest BCUT2D eigenvalue weighted by molar-refractivity contribution is 6.15. The Morgan fingerprint density at radius 3 is 2.15 bits per heavy atom. The Labute approximate surface area is 231 Å². The van der Waals surface area contributed by atoms with Crippen LogP contribution in [-0.2, 0) is 9.47 Å². The standard InChI is InChI=1S/C32H41NO6/c1-34-12-13-37-23-9-10-27-25(15-23)24-16-29(35-2)30(36-3)17-26(24)32(33-27)22-8-11-28(38-18-20-4-5-20)31(14-22)39-19-21-6-7-21/h8,11,14,16-17,20-21,23,25,27H,4-7,9-10,12-13,15,18-19H2,1-3H3. The molecule has 0 saturated heterocycles. The molecule has 7 nitrogen and oxygen atoms in total. The molecule has 2 aromatic rings. The fourth-order valence-corrected chi connectivity index (χ4v) is 5.80. The summed E-state index contributed by atoms with van der Waals surface area (Å²) in [6.07, 6.45) is 8.12. The molecule has 210 valence electrons. The maximum atomic E-state index is 6.33. The average Bonchev–Trinajstić information content (AvgIpc) is 3.90. The molecule has 3 saturated carbocycles. The SMILES string of the molecule is COCCOC1CCC2N=C(c3ccc(OCC4CC4)c(OCC4CC4)c3)c3cc(OC)c(OC)cc3C2C1. The van der Waals surface area contributed by atoms with Crippen LogP contribution in [-0.4, -0.2) is 65.6 Å². The van der Waals surface area contributed by atoms with Crippen molar-refractivity contribution < 1.29 is 28.4 Å². The Morgan fingerprint density at radius 2 is 1.46 bits per heavy atom. The molecule has 0 aromatic heterocycles. The molecule has 6 rings (SSSR count). The van der Waals surface area contributed by atoms with Crippen molar-refractivity contribution in [3.8, 4) is 23.0 Å². The van der Waals surface area contributed by atoms with Gasteiger partial charge in [0.05, 0.1) is 58.5 Å². The molecular weight excluding hydrogens is 494 g/mol. The van der Waals surface area contributed by atoms with Crippen molar-refractivity contribution >= 4 is 5.71 Å². The first-order valence-corrected chi connectivity index (χ1v) is 14.5. The van der Waals surface area contributed by atoms with Crippen LogP contribution in [0.5, 0.6) is 23.0 Å². The van der Waals surface area contributed by atoms with Crippen LogP contribution in [0.15, 0.2) is 35.3 Å². The van der Waals surface area contributed by atoms with Crippen molar-refractivity contribution in [3.05, 3.63) is 47.0 Å². The number of methoxy groups -OCH3 is 3. The largest absolute Gasteiger partial charge is 0.493 e. The first-order valence-electron chi connectivity index (χ1n) is 14.5. The zero-order valence-electron chi connectivity index (χ0n) is 23.4. The molecular formula is C32H41NO6. The first kappa shape index (κ1) is 26.5. The summed E-state index contributed by atoms with van der Waals surface area (Å²) in [4.78, 5) is 5.38. The van der Waals surface area contributed by atoms with Crippen molar-refractivity contribution in [3.63, 3.8) is 0 Å². The third kappa shape index (κ3) is 6.04. The van der Waals surface area contributed by atoms with E-state index in [9.17, 15) is 0 Å². The molecule has 1 heterocycles. The molecule has 7 heteroatoms. The van der Waals surface area contributed by atoms with Crippen LogP contribution in [0.2, 0.25) is 0 Å². The summed E-state index contributed by atoms with van der Waals surface area (Å²) < 4.78 is 35.3. The second-order valence-corrected chi connectivity index (χ2v) is 11.4. The van der Waals surface area contributed by atoms with E-state index in [1.807, 2.05) is 0 Å². The highest BCUT2D eigenvalue weighted by Crippen LogP contribution is 2.46. The highest BCUT2D eigenvalue weighted by atomic mass is 16.5. The summed E-state index contributed by atoms with van der Waals surface area (Å²) in [5.74, 6) is 4.72. The van der Waals surface area contributed by atoms with E-state index in [2.05, 4.69) is 30.3 Å². The molecule has 3 unspecified atom stereocenters. The zero-order chi connectivity index (χ0) is 26.8. The Bertz CT molecular complexity index is 1190. The normalized spacial score (nSPS) is 23.9. The van der Waals surface area contributed by atoms with Gasteiger partial charge < -0.3 is 28.4 Å². The van der Waals surface area contributed by atoms with Crippen LogP contribution >= 0.6 is 0 Å². The number of hydrogen-bond acceptors (Lipinski definition) is 7. The predicted molar refractivity (Wildman–Crippen MR) is 150 cm³/mol. The van der Waals surface area contributed by atoms with Crippen LogP contribution in [0.1, 0.15) is 67.6 Å². The Morgan fingerprint density at radius 1 is 0.744 bits per heavy atom. The smallest absolute Gasteiger partial charge is 0.161 e. The van der Waals surface area contributed by atoms with Crippen LogP contribution in [0, 0.1) is 11.8 Å². The molecule has 3 fully saturated rings. The van der Waals surface area contributed by atoms with Gasteiger partial charge in [-0.1, -0.05) is 0 Å². The summed E-state index contributed by atoms with van der Waals surface area (Å²) in [6, 6.07) is 10.7. The maximum Gasteiger partial charge on any atom is 0.161 e. The van der Waals surface area contributed by atoms with Gasteiger partial charge in [-0.2, -0.15) is 0 Å². The van der Waals surface area contributed by atoms with Crippen molar-refractivity contribution in [1.82, 2.24) is 0 Å².